The maximum atomic E-state index is 12.9. The lowest BCUT2D eigenvalue weighted by Gasteiger charge is -2.08. The summed E-state index contributed by atoms with van der Waals surface area (Å²) in [6.45, 7) is 3.52. The van der Waals surface area contributed by atoms with E-state index in [1.807, 2.05) is 0 Å². The highest BCUT2D eigenvalue weighted by Crippen LogP contribution is 2.26. The van der Waals surface area contributed by atoms with Gasteiger partial charge in [-0.1, -0.05) is 12.1 Å². The number of benzene rings is 2. The van der Waals surface area contributed by atoms with Gasteiger partial charge < -0.3 is 9.15 Å². The van der Waals surface area contributed by atoms with Crippen molar-refractivity contribution in [1.82, 2.24) is 0 Å². The fourth-order valence-corrected chi connectivity index (χ4v) is 2.43. The molecule has 3 aromatic rings. The molecule has 0 amide bonds. The molecule has 2 aromatic carbocycles. The van der Waals surface area contributed by atoms with Crippen LogP contribution >= 0.6 is 0 Å². The molecule has 0 unspecified atom stereocenters. The van der Waals surface area contributed by atoms with E-state index in [4.69, 9.17) is 9.15 Å². The summed E-state index contributed by atoms with van der Waals surface area (Å²) in [5.74, 6) is 2.02. The molecule has 3 rings (SSSR count). The summed E-state index contributed by atoms with van der Waals surface area (Å²) >= 11 is 0. The number of hydrogen-bond acceptors (Lipinski definition) is 3. The smallest absolute Gasteiger partial charge is 0.193 e. The molecule has 0 aliphatic carbocycles. The molecule has 0 radical (unpaired) electrons. The van der Waals surface area contributed by atoms with Gasteiger partial charge in [-0.2, -0.15) is 0 Å². The van der Waals surface area contributed by atoms with Crippen molar-refractivity contribution in [2.45, 2.75) is 13.8 Å². The summed E-state index contributed by atoms with van der Waals surface area (Å²) in [6, 6.07) is 14.4. The summed E-state index contributed by atoms with van der Waals surface area (Å²) in [4.78, 5) is 12.1. The number of ether oxygens (including phenoxy) is 1. The third-order valence-corrected chi connectivity index (χ3v) is 3.44. The Morgan fingerprint density at radius 1 is 0.913 bits per heavy atom. The second kappa shape index (κ2) is 6.08. The highest BCUT2D eigenvalue weighted by molar-refractivity contribution is 5.65. The van der Waals surface area contributed by atoms with Crippen molar-refractivity contribution in [1.29, 1.82) is 0 Å². The van der Waals surface area contributed by atoms with Crippen molar-refractivity contribution in [3.05, 3.63) is 82.2 Å². The molecule has 0 saturated carbocycles. The Morgan fingerprint density at radius 3 is 2.04 bits per heavy atom. The lowest BCUT2D eigenvalue weighted by molar-refractivity contribution is 0.480. The van der Waals surface area contributed by atoms with Gasteiger partial charge in [-0.15, -0.1) is 0 Å². The van der Waals surface area contributed by atoms with E-state index in [-0.39, 0.29) is 11.2 Å². The first-order valence-corrected chi connectivity index (χ1v) is 7.18. The maximum absolute atomic E-state index is 12.9. The summed E-state index contributed by atoms with van der Waals surface area (Å²) in [5.41, 5.74) is 1.24. The number of rotatable bonds is 3. The summed E-state index contributed by atoms with van der Waals surface area (Å²) < 4.78 is 24.0. The molecule has 0 spiro atoms. The Balaban J connectivity index is 1.88. The molecular formula is C19H15FO3. The van der Waals surface area contributed by atoms with Gasteiger partial charge in [0.1, 0.15) is 28.8 Å². The van der Waals surface area contributed by atoms with Gasteiger partial charge >= 0.3 is 0 Å². The lowest BCUT2D eigenvalue weighted by atomic mass is 10.0. The quantitative estimate of drug-likeness (QED) is 0.694. The van der Waals surface area contributed by atoms with E-state index in [1.54, 1.807) is 50.2 Å². The predicted octanol–water partition coefficient (Wildman–Crippen LogP) is 4.86. The van der Waals surface area contributed by atoms with E-state index in [1.165, 1.54) is 18.2 Å². The van der Waals surface area contributed by atoms with Crippen molar-refractivity contribution >= 4 is 0 Å². The molecule has 4 heteroatoms. The van der Waals surface area contributed by atoms with Crippen LogP contribution in [0, 0.1) is 19.7 Å². The zero-order valence-corrected chi connectivity index (χ0v) is 12.8. The van der Waals surface area contributed by atoms with Gasteiger partial charge in [0.15, 0.2) is 5.43 Å². The highest BCUT2D eigenvalue weighted by Gasteiger charge is 2.10. The second-order valence-electron chi connectivity index (χ2n) is 5.23. The monoisotopic (exact) mass is 310 g/mol. The van der Waals surface area contributed by atoms with Crippen LogP contribution < -0.4 is 10.2 Å². The molecule has 1 aromatic heterocycles. The second-order valence-corrected chi connectivity index (χ2v) is 5.23. The molecule has 23 heavy (non-hydrogen) atoms. The molecule has 0 atom stereocenters. The van der Waals surface area contributed by atoms with E-state index < -0.39 is 0 Å². The van der Waals surface area contributed by atoms with Crippen molar-refractivity contribution in [2.75, 3.05) is 0 Å². The minimum absolute atomic E-state index is 0.0709. The molecule has 116 valence electrons. The Labute approximate surface area is 133 Å². The molecule has 0 aliphatic heterocycles. The minimum atomic E-state index is -0.311. The summed E-state index contributed by atoms with van der Waals surface area (Å²) in [6.07, 6.45) is 0. The van der Waals surface area contributed by atoms with Crippen molar-refractivity contribution < 1.29 is 13.5 Å². The highest BCUT2D eigenvalue weighted by atomic mass is 19.1. The Bertz CT molecular complexity index is 878. The molecule has 1 heterocycles. The fraction of sp³-hybridized carbons (Fsp3) is 0.105. The van der Waals surface area contributed by atoms with Gasteiger partial charge in [0.2, 0.25) is 0 Å². The van der Waals surface area contributed by atoms with E-state index in [0.717, 1.165) is 5.56 Å². The average molecular weight is 310 g/mol. The summed E-state index contributed by atoms with van der Waals surface area (Å²) in [7, 11) is 0. The van der Waals surface area contributed by atoms with Gasteiger partial charge in [0, 0.05) is 6.07 Å². The molecule has 0 bridgehead atoms. The first kappa shape index (κ1) is 15.0. The van der Waals surface area contributed by atoms with Crippen molar-refractivity contribution in [3.63, 3.8) is 0 Å². The number of halogens is 1. The largest absolute Gasteiger partial charge is 0.466 e. The van der Waals surface area contributed by atoms with Crippen LogP contribution in [0.4, 0.5) is 4.39 Å². The van der Waals surface area contributed by atoms with Crippen LogP contribution in [0.3, 0.4) is 0 Å². The van der Waals surface area contributed by atoms with Crippen LogP contribution in [0.2, 0.25) is 0 Å². The number of aryl methyl sites for hydroxylation is 2. The first-order chi connectivity index (χ1) is 11.0. The van der Waals surface area contributed by atoms with E-state index >= 15 is 0 Å². The standard InChI is InChI=1S/C19H15FO3/c1-12-11-18(21)19(13(2)22-12)14-3-7-16(8-4-14)23-17-9-5-15(20)6-10-17/h3-11H,1-2H3. The van der Waals surface area contributed by atoms with Gasteiger partial charge in [0.05, 0.1) is 5.56 Å². The van der Waals surface area contributed by atoms with Crippen LogP contribution in [0.15, 0.2) is 63.8 Å². The van der Waals surface area contributed by atoms with Crippen molar-refractivity contribution in [2.24, 2.45) is 0 Å². The van der Waals surface area contributed by atoms with Crippen LogP contribution in [0.25, 0.3) is 11.1 Å². The zero-order chi connectivity index (χ0) is 16.4. The van der Waals surface area contributed by atoms with Gasteiger partial charge in [-0.25, -0.2) is 4.39 Å². The van der Waals surface area contributed by atoms with Crippen LogP contribution in [-0.2, 0) is 0 Å². The molecular weight excluding hydrogens is 295 g/mol. The molecule has 0 N–H and O–H groups in total. The molecule has 0 fully saturated rings. The van der Waals surface area contributed by atoms with Crippen molar-refractivity contribution in [3.8, 4) is 22.6 Å². The Hall–Kier alpha value is -2.88. The lowest BCUT2D eigenvalue weighted by Crippen LogP contribution is -2.06. The van der Waals surface area contributed by atoms with Crippen LogP contribution in [0.5, 0.6) is 11.5 Å². The summed E-state index contributed by atoms with van der Waals surface area (Å²) in [5, 5.41) is 0. The molecule has 0 saturated heterocycles. The Kier molecular flexibility index (Phi) is 3.98. The zero-order valence-electron chi connectivity index (χ0n) is 12.8. The third-order valence-electron chi connectivity index (χ3n) is 3.44. The van der Waals surface area contributed by atoms with E-state index in [0.29, 0.717) is 28.6 Å². The molecule has 0 aliphatic rings. The minimum Gasteiger partial charge on any atom is -0.466 e. The average Bonchev–Trinajstić information content (AvgIpc) is 2.50. The SMILES string of the molecule is Cc1cc(=O)c(-c2ccc(Oc3ccc(F)cc3)cc2)c(C)o1. The first-order valence-electron chi connectivity index (χ1n) is 7.18. The number of hydrogen-bond donors (Lipinski definition) is 0. The van der Waals surface area contributed by atoms with Gasteiger partial charge in [-0.3, -0.25) is 4.79 Å². The topological polar surface area (TPSA) is 39.4 Å². The van der Waals surface area contributed by atoms with Crippen LogP contribution in [-0.4, -0.2) is 0 Å². The third kappa shape index (κ3) is 3.31. The van der Waals surface area contributed by atoms with Gasteiger partial charge in [-0.05, 0) is 55.8 Å². The van der Waals surface area contributed by atoms with E-state index in [9.17, 15) is 9.18 Å². The molecule has 3 nitrogen and oxygen atoms in total. The fourth-order valence-electron chi connectivity index (χ4n) is 2.43. The Morgan fingerprint density at radius 2 is 1.48 bits per heavy atom. The van der Waals surface area contributed by atoms with Gasteiger partial charge in [0.25, 0.3) is 0 Å². The van der Waals surface area contributed by atoms with Crippen LogP contribution in [0.1, 0.15) is 11.5 Å². The predicted molar refractivity (Wildman–Crippen MR) is 86.4 cm³/mol. The normalized spacial score (nSPS) is 10.6. The van der Waals surface area contributed by atoms with E-state index in [2.05, 4.69) is 0 Å². The maximum Gasteiger partial charge on any atom is 0.193 e.